The van der Waals surface area contributed by atoms with E-state index >= 15 is 0 Å². The average Bonchev–Trinajstić information content (AvgIpc) is 2.82. The minimum Gasteiger partial charge on any atom is -0.317 e. The summed E-state index contributed by atoms with van der Waals surface area (Å²) in [6.07, 6.45) is -2.42. The summed E-state index contributed by atoms with van der Waals surface area (Å²) in [5, 5.41) is 4.09. The van der Waals surface area contributed by atoms with Crippen LogP contribution in [0.3, 0.4) is 0 Å². The summed E-state index contributed by atoms with van der Waals surface area (Å²) < 4.78 is 39.1. The Morgan fingerprint density at radius 1 is 1.21 bits per heavy atom. The lowest BCUT2D eigenvalue weighted by atomic mass is 9.99. The molecule has 1 saturated heterocycles. The van der Waals surface area contributed by atoms with Gasteiger partial charge in [-0.2, -0.15) is 13.2 Å². The zero-order chi connectivity index (χ0) is 13.5. The maximum absolute atomic E-state index is 12.9. The highest BCUT2D eigenvalue weighted by molar-refractivity contribution is 7.18. The smallest absolute Gasteiger partial charge is 0.317 e. The van der Waals surface area contributed by atoms with Crippen molar-refractivity contribution in [1.82, 2.24) is 10.3 Å². The van der Waals surface area contributed by atoms with Crippen LogP contribution >= 0.6 is 11.3 Å². The van der Waals surface area contributed by atoms with Crippen LogP contribution in [0, 0.1) is 0 Å². The van der Waals surface area contributed by atoms with Crippen LogP contribution in [-0.2, 0) is 6.18 Å². The number of fused-ring (bicyclic) bond motifs is 1. The Morgan fingerprint density at radius 2 is 1.95 bits per heavy atom. The number of benzene rings is 1. The molecular formula is C13H13F3N2S. The van der Waals surface area contributed by atoms with Gasteiger partial charge in [0.15, 0.2) is 0 Å². The van der Waals surface area contributed by atoms with Crippen LogP contribution in [0.1, 0.15) is 29.3 Å². The highest BCUT2D eigenvalue weighted by atomic mass is 32.1. The van der Waals surface area contributed by atoms with E-state index in [1.807, 2.05) is 0 Å². The van der Waals surface area contributed by atoms with Crippen LogP contribution in [0.4, 0.5) is 13.2 Å². The molecule has 0 aliphatic carbocycles. The van der Waals surface area contributed by atoms with E-state index < -0.39 is 11.7 Å². The highest BCUT2D eigenvalue weighted by Gasteiger charge is 2.34. The maximum Gasteiger partial charge on any atom is 0.417 e. The minimum absolute atomic E-state index is 0.267. The van der Waals surface area contributed by atoms with Crippen molar-refractivity contribution >= 4 is 21.6 Å². The Balaban J connectivity index is 2.05. The molecule has 1 aliphatic rings. The molecule has 102 valence electrons. The fourth-order valence-electron chi connectivity index (χ4n) is 2.43. The minimum atomic E-state index is -4.31. The topological polar surface area (TPSA) is 24.9 Å². The first-order chi connectivity index (χ1) is 9.05. The molecule has 0 radical (unpaired) electrons. The Hall–Kier alpha value is -1.14. The molecule has 1 N–H and O–H groups in total. The number of aromatic nitrogens is 1. The summed E-state index contributed by atoms with van der Waals surface area (Å²) in [5.74, 6) is 0.291. The molecule has 0 bridgehead atoms. The SMILES string of the molecule is FC(F)(F)c1cccc2nc(C3CCNCC3)sc12. The van der Waals surface area contributed by atoms with Crippen molar-refractivity contribution in [2.75, 3.05) is 13.1 Å². The highest BCUT2D eigenvalue weighted by Crippen LogP contribution is 2.40. The van der Waals surface area contributed by atoms with Gasteiger partial charge in [0.25, 0.3) is 0 Å². The molecule has 0 unspecified atom stereocenters. The number of nitrogens with one attached hydrogen (secondary N) is 1. The monoisotopic (exact) mass is 286 g/mol. The molecule has 2 nitrogen and oxygen atoms in total. The van der Waals surface area contributed by atoms with Gasteiger partial charge in [0.2, 0.25) is 0 Å². The van der Waals surface area contributed by atoms with Gasteiger partial charge >= 0.3 is 6.18 Å². The normalized spacial score (nSPS) is 18.1. The Labute approximate surface area is 112 Å². The third kappa shape index (κ3) is 2.47. The molecule has 2 heterocycles. The number of halogens is 3. The number of rotatable bonds is 1. The first-order valence-electron chi connectivity index (χ1n) is 6.23. The van der Waals surface area contributed by atoms with E-state index in [9.17, 15) is 13.2 Å². The van der Waals surface area contributed by atoms with Crippen LogP contribution in [0.2, 0.25) is 0 Å². The van der Waals surface area contributed by atoms with Crippen LogP contribution in [0.15, 0.2) is 18.2 Å². The zero-order valence-corrected chi connectivity index (χ0v) is 10.9. The molecule has 19 heavy (non-hydrogen) atoms. The van der Waals surface area contributed by atoms with Crippen molar-refractivity contribution in [2.45, 2.75) is 24.9 Å². The first kappa shape index (κ1) is 12.9. The molecular weight excluding hydrogens is 273 g/mol. The summed E-state index contributed by atoms with van der Waals surface area (Å²) in [6.45, 7) is 1.82. The molecule has 0 amide bonds. The zero-order valence-electron chi connectivity index (χ0n) is 10.1. The molecule has 1 aliphatic heterocycles. The lowest BCUT2D eigenvalue weighted by Gasteiger charge is -2.20. The second-order valence-corrected chi connectivity index (χ2v) is 5.76. The molecule has 0 saturated carbocycles. The predicted molar refractivity (Wildman–Crippen MR) is 69.5 cm³/mol. The van der Waals surface area contributed by atoms with Crippen molar-refractivity contribution in [1.29, 1.82) is 0 Å². The van der Waals surface area contributed by atoms with Gasteiger partial charge in [0.1, 0.15) is 0 Å². The van der Waals surface area contributed by atoms with Crippen molar-refractivity contribution in [3.63, 3.8) is 0 Å². The number of hydrogen-bond donors (Lipinski definition) is 1. The summed E-state index contributed by atoms with van der Waals surface area (Å²) in [6, 6.07) is 4.22. The molecule has 3 rings (SSSR count). The molecule has 0 spiro atoms. The quantitative estimate of drug-likeness (QED) is 0.863. The van der Waals surface area contributed by atoms with Gasteiger partial charge < -0.3 is 5.32 Å². The van der Waals surface area contributed by atoms with E-state index in [0.29, 0.717) is 11.4 Å². The van der Waals surface area contributed by atoms with Gasteiger partial charge in [0, 0.05) is 5.92 Å². The van der Waals surface area contributed by atoms with Crippen molar-refractivity contribution in [3.05, 3.63) is 28.8 Å². The summed E-state index contributed by atoms with van der Waals surface area (Å²) in [5.41, 5.74) is -0.101. The largest absolute Gasteiger partial charge is 0.417 e. The van der Waals surface area contributed by atoms with E-state index in [2.05, 4.69) is 10.3 Å². The fourth-order valence-corrected chi connectivity index (χ4v) is 3.70. The second-order valence-electron chi connectivity index (χ2n) is 4.73. The molecule has 1 aromatic heterocycles. The summed E-state index contributed by atoms with van der Waals surface area (Å²) >= 11 is 1.20. The van der Waals surface area contributed by atoms with Crippen molar-refractivity contribution in [3.8, 4) is 0 Å². The third-order valence-corrected chi connectivity index (χ3v) is 4.69. The summed E-state index contributed by atoms with van der Waals surface area (Å²) in [7, 11) is 0. The molecule has 0 atom stereocenters. The van der Waals surface area contributed by atoms with E-state index in [-0.39, 0.29) is 4.70 Å². The van der Waals surface area contributed by atoms with Gasteiger partial charge in [-0.1, -0.05) is 6.07 Å². The van der Waals surface area contributed by atoms with Crippen LogP contribution in [0.5, 0.6) is 0 Å². The number of hydrogen-bond acceptors (Lipinski definition) is 3. The Bertz CT molecular complexity index is 585. The lowest BCUT2D eigenvalue weighted by molar-refractivity contribution is -0.136. The van der Waals surface area contributed by atoms with Crippen LogP contribution in [0.25, 0.3) is 10.2 Å². The van der Waals surface area contributed by atoms with Crippen molar-refractivity contribution in [2.24, 2.45) is 0 Å². The number of alkyl halides is 3. The number of nitrogens with zero attached hydrogens (tertiary/aromatic N) is 1. The van der Waals surface area contributed by atoms with Gasteiger partial charge in [0.05, 0.1) is 20.8 Å². The number of thiazole rings is 1. The van der Waals surface area contributed by atoms with Gasteiger partial charge in [-0.3, -0.25) is 0 Å². The van der Waals surface area contributed by atoms with Crippen molar-refractivity contribution < 1.29 is 13.2 Å². The predicted octanol–water partition coefficient (Wildman–Crippen LogP) is 3.78. The average molecular weight is 286 g/mol. The third-order valence-electron chi connectivity index (χ3n) is 3.43. The van der Waals surface area contributed by atoms with E-state index in [0.717, 1.165) is 37.0 Å². The van der Waals surface area contributed by atoms with E-state index in [4.69, 9.17) is 0 Å². The molecule has 1 fully saturated rings. The standard InChI is InChI=1S/C13H13F3N2S/c14-13(15,16)9-2-1-3-10-11(9)19-12(18-10)8-4-6-17-7-5-8/h1-3,8,17H,4-7H2. The van der Waals surface area contributed by atoms with Crippen LogP contribution < -0.4 is 5.32 Å². The van der Waals surface area contributed by atoms with E-state index in [1.54, 1.807) is 6.07 Å². The fraction of sp³-hybridized carbons (Fsp3) is 0.462. The molecule has 6 heteroatoms. The Kier molecular flexibility index (Phi) is 3.22. The van der Waals surface area contributed by atoms with Gasteiger partial charge in [-0.05, 0) is 38.1 Å². The summed E-state index contributed by atoms with van der Waals surface area (Å²) in [4.78, 5) is 4.40. The van der Waals surface area contributed by atoms with Crippen LogP contribution in [-0.4, -0.2) is 18.1 Å². The maximum atomic E-state index is 12.9. The molecule has 1 aromatic carbocycles. The van der Waals surface area contributed by atoms with Gasteiger partial charge in [-0.15, -0.1) is 11.3 Å². The second kappa shape index (κ2) is 4.76. The molecule has 2 aromatic rings. The lowest BCUT2D eigenvalue weighted by Crippen LogP contribution is -2.26. The Morgan fingerprint density at radius 3 is 2.63 bits per heavy atom. The number of piperidine rings is 1. The first-order valence-corrected chi connectivity index (χ1v) is 7.05. The van der Waals surface area contributed by atoms with E-state index in [1.165, 1.54) is 17.4 Å². The van der Waals surface area contributed by atoms with Gasteiger partial charge in [-0.25, -0.2) is 4.98 Å².